The van der Waals surface area contributed by atoms with Gasteiger partial charge in [0.2, 0.25) is 0 Å². The van der Waals surface area contributed by atoms with Crippen LogP contribution in [0.4, 0.5) is 0 Å². The van der Waals surface area contributed by atoms with Crippen LogP contribution in [0.15, 0.2) is 67.3 Å². The monoisotopic (exact) mass is 404 g/mol. The van der Waals surface area contributed by atoms with E-state index < -0.39 is 0 Å². The number of methoxy groups -OCH3 is 1. The van der Waals surface area contributed by atoms with Gasteiger partial charge < -0.3 is 4.74 Å². The van der Waals surface area contributed by atoms with Gasteiger partial charge in [0, 0.05) is 38.3 Å². The average molecular weight is 405 g/mol. The van der Waals surface area contributed by atoms with Gasteiger partial charge in [-0.05, 0) is 22.1 Å². The molecule has 30 heavy (non-hydrogen) atoms. The zero-order valence-electron chi connectivity index (χ0n) is 17.4. The highest BCUT2D eigenvalue weighted by Crippen LogP contribution is 2.34. The summed E-state index contributed by atoms with van der Waals surface area (Å²) in [5, 5.41) is 12.8. The van der Waals surface area contributed by atoms with Crippen molar-refractivity contribution in [2.75, 3.05) is 39.8 Å². The topological polar surface area (TPSA) is 59.3 Å². The van der Waals surface area contributed by atoms with E-state index in [0.717, 1.165) is 49.9 Å². The third-order valence-corrected chi connectivity index (χ3v) is 5.57. The molecule has 0 unspecified atom stereocenters. The normalized spacial score (nSPS) is 16.3. The highest BCUT2D eigenvalue weighted by atomic mass is 16.5. The first kappa shape index (κ1) is 20.3. The van der Waals surface area contributed by atoms with Crippen LogP contribution in [0.3, 0.4) is 0 Å². The lowest BCUT2D eigenvalue weighted by atomic mass is 10.0. The minimum Gasteiger partial charge on any atom is -0.496 e. The molecule has 0 spiro atoms. The second-order valence-corrected chi connectivity index (χ2v) is 7.45. The summed E-state index contributed by atoms with van der Waals surface area (Å²) in [6.45, 7) is 9.23. The maximum Gasteiger partial charge on any atom is 0.173 e. The molecule has 7 heteroatoms. The van der Waals surface area contributed by atoms with Crippen LogP contribution >= 0.6 is 0 Å². The number of hydrogen-bond donors (Lipinski definition) is 0. The Bertz CT molecular complexity index is 949. The van der Waals surface area contributed by atoms with Crippen LogP contribution in [0.25, 0.3) is 0 Å². The van der Waals surface area contributed by atoms with E-state index in [0.29, 0.717) is 6.54 Å². The van der Waals surface area contributed by atoms with Crippen molar-refractivity contribution in [2.24, 2.45) is 0 Å². The van der Waals surface area contributed by atoms with Crippen molar-refractivity contribution in [3.05, 3.63) is 84.2 Å². The van der Waals surface area contributed by atoms with Crippen LogP contribution < -0.4 is 4.74 Å². The van der Waals surface area contributed by atoms with E-state index in [4.69, 9.17) is 4.74 Å². The number of nitrogens with zero attached hydrogens (tertiary/aromatic N) is 6. The molecule has 1 aromatic heterocycles. The maximum atomic E-state index is 5.70. The van der Waals surface area contributed by atoms with E-state index in [9.17, 15) is 0 Å². The lowest BCUT2D eigenvalue weighted by molar-refractivity contribution is 0.111. The molecule has 0 amide bonds. The predicted molar refractivity (Wildman–Crippen MR) is 116 cm³/mol. The van der Waals surface area contributed by atoms with Crippen LogP contribution in [0.1, 0.15) is 23.0 Å². The fourth-order valence-corrected chi connectivity index (χ4v) is 4.05. The second kappa shape index (κ2) is 9.65. The highest BCUT2D eigenvalue weighted by Gasteiger charge is 2.32. The summed E-state index contributed by atoms with van der Waals surface area (Å²) in [6.07, 6.45) is 1.97. The van der Waals surface area contributed by atoms with Gasteiger partial charge in [0.15, 0.2) is 5.82 Å². The molecule has 2 heterocycles. The summed E-state index contributed by atoms with van der Waals surface area (Å²) in [5.74, 6) is 1.69. The quantitative estimate of drug-likeness (QED) is 0.538. The van der Waals surface area contributed by atoms with Gasteiger partial charge in [0.25, 0.3) is 0 Å². The Labute approximate surface area is 177 Å². The Morgan fingerprint density at radius 3 is 2.50 bits per heavy atom. The SMILES string of the molecule is C=CCN1CCN([C@H](c2ccccc2OC)c2nnnn2Cc2ccccc2)CC1. The van der Waals surface area contributed by atoms with Gasteiger partial charge in [-0.25, -0.2) is 4.68 Å². The van der Waals surface area contributed by atoms with Crippen molar-refractivity contribution in [2.45, 2.75) is 12.6 Å². The number of para-hydroxylation sites is 1. The number of benzene rings is 2. The summed E-state index contributed by atoms with van der Waals surface area (Å²) < 4.78 is 7.61. The summed E-state index contributed by atoms with van der Waals surface area (Å²) in [7, 11) is 1.71. The summed E-state index contributed by atoms with van der Waals surface area (Å²) in [4.78, 5) is 4.86. The van der Waals surface area contributed by atoms with Crippen molar-refractivity contribution in [1.82, 2.24) is 30.0 Å². The molecule has 3 aromatic rings. The smallest absolute Gasteiger partial charge is 0.173 e. The first-order chi connectivity index (χ1) is 14.8. The van der Waals surface area contributed by atoms with Crippen molar-refractivity contribution in [3.8, 4) is 5.75 Å². The van der Waals surface area contributed by atoms with Gasteiger partial charge in [0.1, 0.15) is 11.8 Å². The van der Waals surface area contributed by atoms with Crippen LogP contribution in [0.5, 0.6) is 5.75 Å². The van der Waals surface area contributed by atoms with Gasteiger partial charge >= 0.3 is 0 Å². The van der Waals surface area contributed by atoms with E-state index >= 15 is 0 Å². The molecular weight excluding hydrogens is 376 g/mol. The molecular formula is C23H28N6O. The summed E-state index contributed by atoms with van der Waals surface area (Å²) in [5.41, 5.74) is 2.25. The van der Waals surface area contributed by atoms with Gasteiger partial charge in [-0.15, -0.1) is 11.7 Å². The number of rotatable bonds is 8. The molecule has 0 bridgehead atoms. The average Bonchev–Trinajstić information content (AvgIpc) is 3.24. The van der Waals surface area contributed by atoms with Crippen LogP contribution in [-0.2, 0) is 6.54 Å². The number of piperazine rings is 1. The fourth-order valence-electron chi connectivity index (χ4n) is 4.05. The number of ether oxygens (including phenoxy) is 1. The third kappa shape index (κ3) is 4.42. The van der Waals surface area contributed by atoms with Crippen LogP contribution in [0, 0.1) is 0 Å². The molecule has 0 radical (unpaired) electrons. The second-order valence-electron chi connectivity index (χ2n) is 7.45. The third-order valence-electron chi connectivity index (χ3n) is 5.57. The molecule has 156 valence electrons. The zero-order valence-corrected chi connectivity index (χ0v) is 17.4. The first-order valence-electron chi connectivity index (χ1n) is 10.3. The summed E-state index contributed by atoms with van der Waals surface area (Å²) >= 11 is 0. The van der Waals surface area contributed by atoms with Crippen molar-refractivity contribution >= 4 is 0 Å². The highest BCUT2D eigenvalue weighted by molar-refractivity contribution is 5.39. The zero-order chi connectivity index (χ0) is 20.8. The molecule has 4 rings (SSSR count). The van der Waals surface area contributed by atoms with E-state index in [-0.39, 0.29) is 6.04 Å². The molecule has 2 aromatic carbocycles. The van der Waals surface area contributed by atoms with Gasteiger partial charge in [-0.1, -0.05) is 54.6 Å². The Kier molecular flexibility index (Phi) is 6.51. The van der Waals surface area contributed by atoms with Crippen molar-refractivity contribution in [1.29, 1.82) is 0 Å². The molecule has 1 aliphatic heterocycles. The molecule has 1 saturated heterocycles. The Balaban J connectivity index is 1.68. The number of tetrazole rings is 1. The Morgan fingerprint density at radius 1 is 1.03 bits per heavy atom. The Morgan fingerprint density at radius 2 is 1.77 bits per heavy atom. The molecule has 0 N–H and O–H groups in total. The van der Waals surface area contributed by atoms with Crippen molar-refractivity contribution < 1.29 is 4.74 Å². The lowest BCUT2D eigenvalue weighted by Crippen LogP contribution is -2.48. The molecule has 1 atom stereocenters. The standard InChI is InChI=1S/C23H28N6O/c1-3-13-27-14-16-28(17-15-27)22(20-11-7-8-12-21(20)30-2)23-24-25-26-29(23)18-19-9-5-4-6-10-19/h3-12,22H,1,13-18H2,2H3/t22-/m1/s1. The van der Waals surface area contributed by atoms with Crippen molar-refractivity contribution in [3.63, 3.8) is 0 Å². The molecule has 1 fully saturated rings. The predicted octanol–water partition coefficient (Wildman–Crippen LogP) is 2.62. The van der Waals surface area contributed by atoms with Gasteiger partial charge in [-0.2, -0.15) is 0 Å². The minimum absolute atomic E-state index is 0.0780. The number of hydrogen-bond acceptors (Lipinski definition) is 6. The fraction of sp³-hybridized carbons (Fsp3) is 0.348. The molecule has 7 nitrogen and oxygen atoms in total. The lowest BCUT2D eigenvalue weighted by Gasteiger charge is -2.38. The first-order valence-corrected chi connectivity index (χ1v) is 10.3. The molecule has 0 aliphatic carbocycles. The largest absolute Gasteiger partial charge is 0.496 e. The van der Waals surface area contributed by atoms with Gasteiger partial charge in [-0.3, -0.25) is 9.80 Å². The number of aromatic nitrogens is 4. The van der Waals surface area contributed by atoms with Gasteiger partial charge in [0.05, 0.1) is 13.7 Å². The van der Waals surface area contributed by atoms with Crippen LogP contribution in [0.2, 0.25) is 0 Å². The van der Waals surface area contributed by atoms with E-state index in [1.807, 2.05) is 47.2 Å². The maximum absolute atomic E-state index is 5.70. The summed E-state index contributed by atoms with van der Waals surface area (Å²) in [6, 6.07) is 18.4. The molecule has 0 saturated carbocycles. The van der Waals surface area contributed by atoms with Crippen LogP contribution in [-0.4, -0.2) is 69.8 Å². The minimum atomic E-state index is -0.0780. The Hall–Kier alpha value is -3.03. The van der Waals surface area contributed by atoms with E-state index in [1.165, 1.54) is 5.56 Å². The van der Waals surface area contributed by atoms with E-state index in [2.05, 4.69) is 50.1 Å². The van der Waals surface area contributed by atoms with E-state index in [1.54, 1.807) is 7.11 Å². The molecule has 1 aliphatic rings.